The molecular weight excluding hydrogens is 634 g/mol. The quantitative estimate of drug-likeness (QED) is 0.191. The van der Waals surface area contributed by atoms with Crippen LogP contribution in [-0.4, -0.2) is 44.1 Å². The number of alkyl halides is 14. The number of aromatic nitrogens is 4. The number of nitrogens with one attached hydrogen (secondary N) is 2. The third-order valence-electron chi connectivity index (χ3n) is 6.53. The van der Waals surface area contributed by atoms with Crippen molar-refractivity contribution in [3.05, 3.63) is 70.3 Å². The lowest BCUT2D eigenvalue weighted by molar-refractivity contribution is -0.359. The second-order valence-corrected chi connectivity index (χ2v) is 9.50. The molecule has 18 heteroatoms. The maximum Gasteiger partial charge on any atom is 0.460 e. The average Bonchev–Trinajstić information content (AvgIpc) is 3.68. The highest BCUT2D eigenvalue weighted by atomic mass is 19.4. The van der Waals surface area contributed by atoms with Crippen LogP contribution >= 0.6 is 0 Å². The predicted molar refractivity (Wildman–Crippen MR) is 129 cm³/mol. The van der Waals surface area contributed by atoms with Crippen LogP contribution in [0.4, 0.5) is 61.5 Å². The molecule has 0 spiro atoms. The summed E-state index contributed by atoms with van der Waals surface area (Å²) in [4.78, 5) is 11.6. The zero-order valence-corrected chi connectivity index (χ0v) is 21.0. The lowest BCUT2D eigenvalue weighted by Crippen LogP contribution is -2.50. The number of halogens is 14. The third-order valence-corrected chi connectivity index (χ3v) is 6.53. The Kier molecular flexibility index (Phi) is 6.75. The summed E-state index contributed by atoms with van der Waals surface area (Å²) < 4.78 is 195. The van der Waals surface area contributed by atoms with E-state index in [-0.39, 0.29) is 11.0 Å². The van der Waals surface area contributed by atoms with Gasteiger partial charge in [0.1, 0.15) is 0 Å². The van der Waals surface area contributed by atoms with Gasteiger partial charge in [0.2, 0.25) is 0 Å². The van der Waals surface area contributed by atoms with Crippen molar-refractivity contribution < 1.29 is 61.5 Å². The SMILES string of the molecule is FC(F)(F)C(F)(F)C(F)(F)c1c2nc(cc3ccc([nH]3)c(C(F)(F)C(F)(F)C(F)(F)F)c3ccc(cc4nc1C=C4)[nH]3)C=C2. The van der Waals surface area contributed by atoms with Gasteiger partial charge in [0.15, 0.2) is 0 Å². The van der Waals surface area contributed by atoms with Gasteiger partial charge in [0.25, 0.3) is 0 Å². The number of fused-ring (bicyclic) bond motifs is 8. The largest absolute Gasteiger partial charge is 0.460 e. The second-order valence-electron chi connectivity index (χ2n) is 9.50. The minimum Gasteiger partial charge on any atom is -0.355 e. The van der Waals surface area contributed by atoms with E-state index < -0.39 is 81.0 Å². The van der Waals surface area contributed by atoms with E-state index in [0.717, 1.165) is 36.4 Å². The van der Waals surface area contributed by atoms with E-state index in [2.05, 4.69) is 19.9 Å². The first kappa shape index (κ1) is 31.1. The Bertz CT molecular complexity index is 1760. The van der Waals surface area contributed by atoms with Crippen LogP contribution in [0.2, 0.25) is 0 Å². The van der Waals surface area contributed by atoms with Crippen molar-refractivity contribution in [1.82, 2.24) is 19.9 Å². The maximum atomic E-state index is 15.1. The molecule has 0 radical (unpaired) electrons. The van der Waals surface area contributed by atoms with Crippen LogP contribution in [0.1, 0.15) is 33.9 Å². The molecule has 2 aliphatic heterocycles. The molecule has 4 nitrogen and oxygen atoms in total. The Balaban J connectivity index is 1.89. The molecule has 3 aromatic heterocycles. The van der Waals surface area contributed by atoms with Crippen LogP contribution in [-0.2, 0) is 11.8 Å². The minimum atomic E-state index is -6.71. The van der Waals surface area contributed by atoms with Gasteiger partial charge in [-0.3, -0.25) is 0 Å². The highest BCUT2D eigenvalue weighted by Crippen LogP contribution is 2.54. The monoisotopic (exact) mass is 646 g/mol. The maximum absolute atomic E-state index is 15.1. The summed E-state index contributed by atoms with van der Waals surface area (Å²) in [5.41, 5.74) is -9.32. The summed E-state index contributed by atoms with van der Waals surface area (Å²) in [7, 11) is 0. The summed E-state index contributed by atoms with van der Waals surface area (Å²) in [6, 6.07) is 4.92. The molecule has 5 heterocycles. The zero-order chi connectivity index (χ0) is 32.7. The molecule has 2 N–H and O–H groups in total. The average molecular weight is 646 g/mol. The fourth-order valence-corrected chi connectivity index (χ4v) is 4.40. The number of rotatable bonds is 4. The Morgan fingerprint density at radius 2 is 0.818 bits per heavy atom. The first-order valence-corrected chi connectivity index (χ1v) is 11.8. The van der Waals surface area contributed by atoms with Crippen LogP contribution in [0.25, 0.3) is 46.4 Å². The summed E-state index contributed by atoms with van der Waals surface area (Å²) in [5, 5.41) is 0. The molecule has 5 rings (SSSR count). The Morgan fingerprint density at radius 3 is 1.18 bits per heavy atom. The van der Waals surface area contributed by atoms with E-state index in [1.807, 2.05) is 0 Å². The number of hydrogen-bond acceptors (Lipinski definition) is 2. The molecule has 0 aromatic carbocycles. The number of H-pyrrole nitrogens is 2. The van der Waals surface area contributed by atoms with Crippen LogP contribution in [0.15, 0.2) is 36.4 Å². The van der Waals surface area contributed by atoms with Gasteiger partial charge in [0.05, 0.1) is 44.9 Å². The second kappa shape index (κ2) is 9.56. The van der Waals surface area contributed by atoms with Crippen molar-refractivity contribution >= 4 is 46.4 Å². The van der Waals surface area contributed by atoms with Gasteiger partial charge < -0.3 is 9.97 Å². The lowest BCUT2D eigenvalue weighted by Gasteiger charge is -2.29. The van der Waals surface area contributed by atoms with E-state index >= 15 is 17.6 Å². The Labute approximate surface area is 234 Å². The van der Waals surface area contributed by atoms with Crippen LogP contribution < -0.4 is 0 Å². The number of nitrogens with zero attached hydrogens (tertiary/aromatic N) is 2. The molecule has 44 heavy (non-hydrogen) atoms. The Hall–Kier alpha value is -4.38. The van der Waals surface area contributed by atoms with E-state index in [0.29, 0.717) is 24.3 Å². The van der Waals surface area contributed by atoms with E-state index in [1.54, 1.807) is 0 Å². The molecular formula is C26H12F14N4. The van der Waals surface area contributed by atoms with Crippen molar-refractivity contribution in [2.45, 2.75) is 36.0 Å². The van der Waals surface area contributed by atoms with Gasteiger partial charge in [-0.05, 0) is 60.7 Å². The van der Waals surface area contributed by atoms with Gasteiger partial charge >= 0.3 is 36.0 Å². The van der Waals surface area contributed by atoms with E-state index in [4.69, 9.17) is 0 Å². The molecule has 0 aliphatic carbocycles. The summed E-state index contributed by atoms with van der Waals surface area (Å²) in [5.74, 6) is -25.0. The fraction of sp³-hybridized carbons (Fsp3) is 0.231. The van der Waals surface area contributed by atoms with Crippen molar-refractivity contribution in [3.63, 3.8) is 0 Å². The van der Waals surface area contributed by atoms with Crippen LogP contribution in [0, 0.1) is 0 Å². The van der Waals surface area contributed by atoms with Gasteiger partial charge in [0, 0.05) is 11.0 Å². The van der Waals surface area contributed by atoms with Gasteiger partial charge in [-0.15, -0.1) is 0 Å². The molecule has 0 fully saturated rings. The smallest absolute Gasteiger partial charge is 0.355 e. The lowest BCUT2D eigenvalue weighted by atomic mass is 9.98. The molecule has 234 valence electrons. The van der Waals surface area contributed by atoms with Crippen LogP contribution in [0.3, 0.4) is 0 Å². The first-order valence-electron chi connectivity index (χ1n) is 11.8. The zero-order valence-electron chi connectivity index (χ0n) is 21.0. The molecule has 2 aliphatic rings. The molecule has 0 saturated heterocycles. The van der Waals surface area contributed by atoms with Crippen molar-refractivity contribution in [1.29, 1.82) is 0 Å². The summed E-state index contributed by atoms with van der Waals surface area (Å²) in [6.45, 7) is 0. The highest BCUT2D eigenvalue weighted by Gasteiger charge is 2.75. The van der Waals surface area contributed by atoms with E-state index in [9.17, 15) is 43.9 Å². The topological polar surface area (TPSA) is 57.4 Å². The minimum absolute atomic E-state index is 0.332. The van der Waals surface area contributed by atoms with Crippen molar-refractivity contribution in [2.24, 2.45) is 0 Å². The molecule has 0 atom stereocenters. The predicted octanol–water partition coefficient (Wildman–Crippen LogP) is 9.23. The third kappa shape index (κ3) is 4.70. The molecule has 3 aromatic rings. The molecule has 8 bridgehead atoms. The van der Waals surface area contributed by atoms with Gasteiger partial charge in [-0.1, -0.05) is 0 Å². The Morgan fingerprint density at radius 1 is 0.455 bits per heavy atom. The van der Waals surface area contributed by atoms with Gasteiger partial charge in [-0.2, -0.15) is 61.5 Å². The molecule has 0 amide bonds. The van der Waals surface area contributed by atoms with Crippen molar-refractivity contribution in [2.75, 3.05) is 0 Å². The molecule has 0 unspecified atom stereocenters. The number of aromatic amines is 2. The fourth-order valence-electron chi connectivity index (χ4n) is 4.40. The number of hydrogen-bond donors (Lipinski definition) is 2. The van der Waals surface area contributed by atoms with Crippen LogP contribution in [0.5, 0.6) is 0 Å². The normalized spacial score (nSPS) is 14.9. The summed E-state index contributed by atoms with van der Waals surface area (Å²) in [6.07, 6.45) is -10.4. The highest BCUT2D eigenvalue weighted by molar-refractivity contribution is 5.81. The van der Waals surface area contributed by atoms with Crippen molar-refractivity contribution in [3.8, 4) is 0 Å². The standard InChI is InChI=1S/C26H12F14N4/c27-21(28,23(31,32)25(35,36)37)19-15-5-1-11(41-15)9-12-2-6-17(42-12)20(22(29,30)24(33,34)26(38,39)40)18-8-4-14(44-18)10-13-3-7-16(19)43-13/h1-10,41,43H. The van der Waals surface area contributed by atoms with Gasteiger partial charge in [-0.25, -0.2) is 9.97 Å². The molecule has 0 saturated carbocycles. The van der Waals surface area contributed by atoms with E-state index in [1.165, 1.54) is 0 Å². The first-order chi connectivity index (χ1) is 20.1. The summed E-state index contributed by atoms with van der Waals surface area (Å²) >= 11 is 0.